The van der Waals surface area contributed by atoms with Gasteiger partial charge >= 0.3 is 10.5 Å². The van der Waals surface area contributed by atoms with E-state index in [0.717, 1.165) is 24.3 Å². The molecule has 7 nitrogen and oxygen atoms in total. The third-order valence-corrected chi connectivity index (χ3v) is 3.94. The minimum absolute atomic E-state index is 0.0798. The number of H-pyrrole nitrogens is 1. The van der Waals surface area contributed by atoms with E-state index in [9.17, 15) is 21.1 Å². The van der Waals surface area contributed by atoms with Gasteiger partial charge in [0.2, 0.25) is 0 Å². The van der Waals surface area contributed by atoms with Crippen LogP contribution < -0.4 is 8.92 Å². The number of hydrogen-bond acceptors (Lipinski definition) is 6. The lowest BCUT2D eigenvalue weighted by Crippen LogP contribution is -2.03. The Morgan fingerprint density at radius 3 is 2.21 bits per heavy atom. The molecule has 0 radical (unpaired) electrons. The molecule has 1 N–H and O–H groups in total. The quantitative estimate of drug-likeness (QED) is 0.626. The Morgan fingerprint density at radius 1 is 1.07 bits per heavy atom. The number of nitrogens with zero attached hydrogens (tertiary/aromatic N) is 2. The molecule has 0 saturated heterocycles. The van der Waals surface area contributed by atoms with Crippen molar-refractivity contribution in [3.63, 3.8) is 0 Å². The van der Waals surface area contributed by atoms with E-state index in [0.29, 0.717) is 0 Å². The summed E-state index contributed by atoms with van der Waals surface area (Å²) in [7, 11) is -5.15. The van der Waals surface area contributed by atoms with Crippen LogP contribution in [-0.4, -0.2) is 18.6 Å². The molecule has 0 amide bonds. The van der Waals surface area contributed by atoms with Crippen LogP contribution in [0.15, 0.2) is 42.5 Å². The Labute approximate surface area is 157 Å². The Kier molecular flexibility index (Phi) is 5.23. The summed E-state index contributed by atoms with van der Waals surface area (Å²) in [4.78, 5) is 0. The van der Waals surface area contributed by atoms with Gasteiger partial charge in [-0.05, 0) is 36.4 Å². The monoisotopic (exact) mass is 409 g/mol. The lowest BCUT2D eigenvalue weighted by atomic mass is 10.1. The number of halogens is 3. The van der Waals surface area contributed by atoms with Crippen molar-refractivity contribution in [1.82, 2.24) is 10.2 Å². The second-order valence-corrected chi connectivity index (χ2v) is 6.39. The van der Waals surface area contributed by atoms with Crippen molar-refractivity contribution in [1.29, 1.82) is 5.26 Å². The highest BCUT2D eigenvalue weighted by Crippen LogP contribution is 2.25. The van der Waals surface area contributed by atoms with Crippen molar-refractivity contribution in [2.75, 3.05) is 0 Å². The Bertz CT molecular complexity index is 1130. The fourth-order valence-electron chi connectivity index (χ4n) is 2.29. The first-order valence-electron chi connectivity index (χ1n) is 7.56. The van der Waals surface area contributed by atoms with Gasteiger partial charge in [-0.1, -0.05) is 3.89 Å². The molecule has 3 aromatic rings. The van der Waals surface area contributed by atoms with Gasteiger partial charge in [-0.3, -0.25) is 5.10 Å². The molecule has 0 atom stereocenters. The molecular formula is C17H10F3N3O4S. The lowest BCUT2D eigenvalue weighted by Gasteiger charge is -2.10. The van der Waals surface area contributed by atoms with Gasteiger partial charge in [0.25, 0.3) is 0 Å². The van der Waals surface area contributed by atoms with Crippen molar-refractivity contribution < 1.29 is 30.0 Å². The lowest BCUT2D eigenvalue weighted by molar-refractivity contribution is 0.292. The van der Waals surface area contributed by atoms with Crippen molar-refractivity contribution in [2.45, 2.75) is 6.61 Å². The molecule has 11 heteroatoms. The van der Waals surface area contributed by atoms with Gasteiger partial charge in [-0.25, -0.2) is 8.78 Å². The van der Waals surface area contributed by atoms with Gasteiger partial charge in [0.15, 0.2) is 5.69 Å². The third-order valence-electron chi connectivity index (χ3n) is 3.55. The van der Waals surface area contributed by atoms with Gasteiger partial charge in [-0.2, -0.15) is 18.8 Å². The predicted octanol–water partition coefficient (Wildman–Crippen LogP) is 3.40. The summed E-state index contributed by atoms with van der Waals surface area (Å²) >= 11 is 0. The van der Waals surface area contributed by atoms with Gasteiger partial charge in [0.1, 0.15) is 35.8 Å². The second kappa shape index (κ2) is 7.61. The van der Waals surface area contributed by atoms with Crippen LogP contribution in [0.5, 0.6) is 11.5 Å². The average molecular weight is 409 g/mol. The van der Waals surface area contributed by atoms with E-state index >= 15 is 0 Å². The molecular weight excluding hydrogens is 399 g/mol. The first-order chi connectivity index (χ1) is 13.2. The van der Waals surface area contributed by atoms with Crippen LogP contribution in [0.2, 0.25) is 0 Å². The zero-order valence-corrected chi connectivity index (χ0v) is 14.6. The highest BCUT2D eigenvalue weighted by molar-refractivity contribution is 7.81. The SMILES string of the molecule is N#Cc1cc(-c2cc(F)c(COc3ccc(OS(=O)(=O)F)cc3)c(F)c2)[nH]n1. The molecule has 0 aliphatic carbocycles. The molecule has 2 aromatic carbocycles. The van der Waals surface area contributed by atoms with E-state index in [1.54, 1.807) is 6.07 Å². The number of nitriles is 1. The minimum atomic E-state index is -5.15. The fourth-order valence-corrected chi connectivity index (χ4v) is 2.63. The Morgan fingerprint density at radius 2 is 1.68 bits per heavy atom. The summed E-state index contributed by atoms with van der Waals surface area (Å²) in [5, 5.41) is 14.9. The summed E-state index contributed by atoms with van der Waals surface area (Å²) in [6, 6.07) is 10.0. The zero-order valence-electron chi connectivity index (χ0n) is 13.8. The maximum atomic E-state index is 14.3. The van der Waals surface area contributed by atoms with Crippen LogP contribution in [0.4, 0.5) is 12.7 Å². The van der Waals surface area contributed by atoms with Crippen LogP contribution in [0.3, 0.4) is 0 Å². The smallest absolute Gasteiger partial charge is 0.488 e. The van der Waals surface area contributed by atoms with Gasteiger partial charge in [0.05, 0.1) is 11.3 Å². The molecule has 1 heterocycles. The largest absolute Gasteiger partial charge is 0.489 e. The fraction of sp³-hybridized carbons (Fsp3) is 0.0588. The number of benzene rings is 2. The van der Waals surface area contributed by atoms with Gasteiger partial charge in [-0.15, -0.1) is 0 Å². The highest BCUT2D eigenvalue weighted by atomic mass is 32.3. The summed E-state index contributed by atoms with van der Waals surface area (Å²) in [6.45, 7) is -0.452. The van der Waals surface area contributed by atoms with E-state index < -0.39 is 28.7 Å². The van der Waals surface area contributed by atoms with E-state index in [2.05, 4.69) is 14.4 Å². The van der Waals surface area contributed by atoms with Crippen molar-refractivity contribution in [2.24, 2.45) is 0 Å². The number of nitrogens with one attached hydrogen (secondary N) is 1. The number of rotatable bonds is 6. The molecule has 0 aliphatic heterocycles. The van der Waals surface area contributed by atoms with E-state index in [1.165, 1.54) is 18.2 Å². The zero-order chi connectivity index (χ0) is 20.3. The Balaban J connectivity index is 1.73. The molecule has 0 bridgehead atoms. The average Bonchev–Trinajstić information content (AvgIpc) is 3.10. The maximum Gasteiger partial charge on any atom is 0.488 e. The van der Waals surface area contributed by atoms with Gasteiger partial charge in [0, 0.05) is 11.6 Å². The molecule has 144 valence electrons. The van der Waals surface area contributed by atoms with Gasteiger partial charge < -0.3 is 8.92 Å². The number of ether oxygens (including phenoxy) is 1. The second-order valence-electron chi connectivity index (χ2n) is 5.43. The van der Waals surface area contributed by atoms with Crippen LogP contribution in [0.1, 0.15) is 11.3 Å². The first-order valence-corrected chi connectivity index (χ1v) is 8.87. The topological polar surface area (TPSA) is 105 Å². The standard InChI is InChI=1S/C17H10F3N3O4S/c18-15-5-10(17-7-11(8-21)22-23-17)6-16(19)14(15)9-26-12-1-3-13(4-2-12)27-28(20,24)25/h1-7H,9H2,(H,22,23). The summed E-state index contributed by atoms with van der Waals surface area (Å²) in [6.07, 6.45) is 0. The Hall–Kier alpha value is -3.52. The molecule has 3 rings (SSSR count). The molecule has 0 saturated carbocycles. The van der Waals surface area contributed by atoms with Crippen molar-refractivity contribution >= 4 is 10.5 Å². The number of aromatic amines is 1. The van der Waals surface area contributed by atoms with Crippen LogP contribution in [0, 0.1) is 23.0 Å². The number of hydrogen-bond donors (Lipinski definition) is 1. The van der Waals surface area contributed by atoms with Crippen molar-refractivity contribution in [3.8, 4) is 28.8 Å². The molecule has 0 fully saturated rings. The molecule has 1 aromatic heterocycles. The summed E-state index contributed by atoms with van der Waals surface area (Å²) < 4.78 is 71.1. The normalized spacial score (nSPS) is 11.1. The molecule has 0 spiro atoms. The van der Waals surface area contributed by atoms with E-state index in [-0.39, 0.29) is 34.0 Å². The maximum absolute atomic E-state index is 14.3. The van der Waals surface area contributed by atoms with Crippen molar-refractivity contribution in [3.05, 3.63) is 65.4 Å². The van der Waals surface area contributed by atoms with Crippen LogP contribution in [0.25, 0.3) is 11.3 Å². The number of aromatic nitrogens is 2. The van der Waals surface area contributed by atoms with E-state index in [4.69, 9.17) is 10.00 Å². The molecule has 28 heavy (non-hydrogen) atoms. The first kappa shape index (κ1) is 19.2. The van der Waals surface area contributed by atoms with Crippen LogP contribution >= 0.6 is 0 Å². The molecule has 0 unspecified atom stereocenters. The predicted molar refractivity (Wildman–Crippen MR) is 90.1 cm³/mol. The minimum Gasteiger partial charge on any atom is -0.489 e. The third kappa shape index (κ3) is 4.60. The molecule has 0 aliphatic rings. The summed E-state index contributed by atoms with van der Waals surface area (Å²) in [5.41, 5.74) is 0.188. The van der Waals surface area contributed by atoms with E-state index in [1.807, 2.05) is 0 Å². The van der Waals surface area contributed by atoms with Crippen LogP contribution in [-0.2, 0) is 17.1 Å². The highest BCUT2D eigenvalue weighted by Gasteiger charge is 2.15. The summed E-state index contributed by atoms with van der Waals surface area (Å²) in [5.74, 6) is -1.87.